The Bertz CT molecular complexity index is 1200. The molecule has 0 aliphatic heterocycles. The number of ketones is 2. The molecule has 0 unspecified atom stereocenters. The van der Waals surface area contributed by atoms with Gasteiger partial charge in [0.05, 0.1) is 12.0 Å². The standard InChI is InChI=1S/C31H42N2O4/c1-26(2)11-13-31(25(36)33-37)14-12-30(7)23(18(31)16-26)20(34)15-22-28(5)17-19(32-8)24(35)27(3,4)21(28)9-10-29(22,30)6/h15,17-18,21,23,37H,9-14,16H2,1-7H3,(H,33,36)/t18-,21-,23-,28-,29+,30+,31-/m0/s1. The molecule has 5 rings (SSSR count). The average molecular weight is 507 g/mol. The molecule has 200 valence electrons. The molecular weight excluding hydrogens is 464 g/mol. The van der Waals surface area contributed by atoms with E-state index < -0.39 is 16.2 Å². The summed E-state index contributed by atoms with van der Waals surface area (Å²) >= 11 is 0. The normalized spacial score (nSPS) is 45.6. The molecule has 0 radical (unpaired) electrons. The van der Waals surface area contributed by atoms with Gasteiger partial charge in [-0.1, -0.05) is 60.1 Å². The van der Waals surface area contributed by atoms with Crippen LogP contribution in [0.4, 0.5) is 0 Å². The van der Waals surface area contributed by atoms with E-state index in [0.717, 1.165) is 37.7 Å². The van der Waals surface area contributed by atoms with E-state index in [2.05, 4.69) is 39.5 Å². The molecule has 2 N–H and O–H groups in total. The van der Waals surface area contributed by atoms with Gasteiger partial charge in [-0.05, 0) is 79.1 Å². The summed E-state index contributed by atoms with van der Waals surface area (Å²) in [5.41, 5.74) is 0.597. The molecular formula is C31H42N2O4. The second-order valence-corrected chi connectivity index (χ2v) is 14.8. The Morgan fingerprint density at radius 2 is 1.68 bits per heavy atom. The molecule has 3 saturated carbocycles. The lowest BCUT2D eigenvalue weighted by Gasteiger charge is -2.69. The van der Waals surface area contributed by atoms with Gasteiger partial charge >= 0.3 is 0 Å². The van der Waals surface area contributed by atoms with Crippen molar-refractivity contribution in [2.75, 3.05) is 0 Å². The number of nitrogens with one attached hydrogen (secondary N) is 1. The van der Waals surface area contributed by atoms with Crippen LogP contribution < -0.4 is 5.48 Å². The highest BCUT2D eigenvalue weighted by Crippen LogP contribution is 2.74. The predicted molar refractivity (Wildman–Crippen MR) is 140 cm³/mol. The number of rotatable bonds is 1. The number of fused-ring (bicyclic) bond motifs is 7. The van der Waals surface area contributed by atoms with Gasteiger partial charge in [-0.2, -0.15) is 0 Å². The number of hydroxylamine groups is 1. The Balaban J connectivity index is 1.71. The SMILES string of the molecule is [C-]#[N+]C1=C[C@]2(C)C3=CC(=O)[C@@H]4[C@@H]5CC(C)(C)CC[C@]5(C(=O)NO)CC[C@@]4(C)[C@]3(C)CC[C@H]2C(C)(C)C1=O. The van der Waals surface area contributed by atoms with Crippen molar-refractivity contribution in [1.82, 2.24) is 5.48 Å². The predicted octanol–water partition coefficient (Wildman–Crippen LogP) is 6.06. The minimum Gasteiger partial charge on any atom is -0.307 e. The Morgan fingerprint density at radius 3 is 2.30 bits per heavy atom. The van der Waals surface area contributed by atoms with Crippen LogP contribution in [0.5, 0.6) is 0 Å². The lowest BCUT2D eigenvalue weighted by atomic mass is 9.34. The second kappa shape index (κ2) is 7.65. The zero-order chi connectivity index (χ0) is 27.4. The summed E-state index contributed by atoms with van der Waals surface area (Å²) in [6.45, 7) is 22.8. The Morgan fingerprint density at radius 1 is 1.03 bits per heavy atom. The molecule has 37 heavy (non-hydrogen) atoms. The molecule has 7 atom stereocenters. The van der Waals surface area contributed by atoms with Gasteiger partial charge in [-0.15, -0.1) is 0 Å². The molecule has 0 aromatic rings. The fraction of sp³-hybridized carbons (Fsp3) is 0.742. The van der Waals surface area contributed by atoms with Crippen LogP contribution in [0.3, 0.4) is 0 Å². The monoisotopic (exact) mass is 506 g/mol. The first kappa shape index (κ1) is 26.4. The summed E-state index contributed by atoms with van der Waals surface area (Å²) in [6, 6.07) is 0. The van der Waals surface area contributed by atoms with Gasteiger partial charge in [0.1, 0.15) is 0 Å². The van der Waals surface area contributed by atoms with E-state index in [-0.39, 0.29) is 57.2 Å². The molecule has 0 spiro atoms. The Labute approximate surface area is 221 Å². The zero-order valence-corrected chi connectivity index (χ0v) is 23.5. The average Bonchev–Trinajstić information content (AvgIpc) is 2.82. The lowest BCUT2D eigenvalue weighted by Crippen LogP contribution is -2.66. The van der Waals surface area contributed by atoms with Crippen LogP contribution >= 0.6 is 0 Å². The minimum atomic E-state index is -0.733. The van der Waals surface area contributed by atoms with Gasteiger partial charge in [-0.25, -0.2) is 10.3 Å². The first-order chi connectivity index (χ1) is 17.0. The van der Waals surface area contributed by atoms with Gasteiger partial charge in [-0.3, -0.25) is 14.8 Å². The van der Waals surface area contributed by atoms with Gasteiger partial charge < -0.3 is 4.79 Å². The summed E-state index contributed by atoms with van der Waals surface area (Å²) in [5, 5.41) is 9.74. The van der Waals surface area contributed by atoms with Crippen LogP contribution in [0.25, 0.3) is 4.85 Å². The summed E-state index contributed by atoms with van der Waals surface area (Å²) < 4.78 is 0. The van der Waals surface area contributed by atoms with Crippen molar-refractivity contribution in [3.05, 3.63) is 34.8 Å². The van der Waals surface area contributed by atoms with Crippen LogP contribution in [-0.4, -0.2) is 22.7 Å². The van der Waals surface area contributed by atoms with E-state index in [1.807, 2.05) is 31.5 Å². The smallest absolute Gasteiger partial charge is 0.249 e. The van der Waals surface area contributed by atoms with Crippen LogP contribution in [0.2, 0.25) is 0 Å². The molecule has 6 nitrogen and oxygen atoms in total. The number of hydrogen-bond donors (Lipinski definition) is 2. The summed E-state index contributed by atoms with van der Waals surface area (Å²) in [7, 11) is 0. The maximum Gasteiger partial charge on any atom is 0.249 e. The van der Waals surface area contributed by atoms with Gasteiger partial charge in [0.25, 0.3) is 0 Å². The van der Waals surface area contributed by atoms with Crippen molar-refractivity contribution in [3.8, 4) is 0 Å². The topological polar surface area (TPSA) is 87.8 Å². The van der Waals surface area contributed by atoms with Gasteiger partial charge in [0.15, 0.2) is 11.6 Å². The van der Waals surface area contributed by atoms with Crippen molar-refractivity contribution in [1.29, 1.82) is 0 Å². The molecule has 0 heterocycles. The summed E-state index contributed by atoms with van der Waals surface area (Å²) in [4.78, 5) is 44.4. The summed E-state index contributed by atoms with van der Waals surface area (Å²) in [5.74, 6) is -0.801. The fourth-order valence-electron chi connectivity index (χ4n) is 10.1. The number of allylic oxidation sites excluding steroid dienone is 4. The Kier molecular flexibility index (Phi) is 5.45. The first-order valence-electron chi connectivity index (χ1n) is 13.9. The maximum atomic E-state index is 14.3. The number of carbonyl (C=O) groups is 3. The van der Waals surface area contributed by atoms with E-state index in [9.17, 15) is 19.6 Å². The number of carbonyl (C=O) groups excluding carboxylic acids is 3. The molecule has 0 bridgehead atoms. The zero-order valence-electron chi connectivity index (χ0n) is 23.5. The molecule has 6 heteroatoms. The highest BCUT2D eigenvalue weighted by atomic mass is 16.5. The van der Waals surface area contributed by atoms with Crippen molar-refractivity contribution in [2.45, 2.75) is 93.4 Å². The van der Waals surface area contributed by atoms with Gasteiger partial charge in [0, 0.05) is 16.7 Å². The minimum absolute atomic E-state index is 0.0119. The van der Waals surface area contributed by atoms with E-state index >= 15 is 0 Å². The van der Waals surface area contributed by atoms with E-state index in [1.54, 1.807) is 0 Å². The van der Waals surface area contributed by atoms with E-state index in [4.69, 9.17) is 6.57 Å². The van der Waals surface area contributed by atoms with Crippen molar-refractivity contribution < 1.29 is 19.6 Å². The van der Waals surface area contributed by atoms with Crippen molar-refractivity contribution in [3.63, 3.8) is 0 Å². The number of nitrogens with zero attached hydrogens (tertiary/aromatic N) is 1. The molecule has 5 aliphatic carbocycles. The van der Waals surface area contributed by atoms with Crippen molar-refractivity contribution in [2.24, 2.45) is 50.2 Å². The number of hydrogen-bond acceptors (Lipinski definition) is 4. The second-order valence-electron chi connectivity index (χ2n) is 14.8. The molecule has 3 fully saturated rings. The molecule has 5 aliphatic rings. The Hall–Kier alpha value is -2.26. The summed E-state index contributed by atoms with van der Waals surface area (Å²) in [6.07, 6.45) is 9.16. The number of Topliss-reactive ketones (excluding diaryl/α,β-unsaturated/α-hetero) is 1. The van der Waals surface area contributed by atoms with Crippen LogP contribution in [0, 0.1) is 56.8 Å². The van der Waals surface area contributed by atoms with Gasteiger partial charge in [0.2, 0.25) is 11.6 Å². The van der Waals surface area contributed by atoms with Crippen LogP contribution in [0.15, 0.2) is 23.4 Å². The molecule has 0 saturated heterocycles. The molecule has 0 aromatic carbocycles. The maximum absolute atomic E-state index is 14.3. The largest absolute Gasteiger partial charge is 0.307 e. The molecule has 1 amide bonds. The third kappa shape index (κ3) is 3.10. The molecule has 0 aromatic heterocycles. The van der Waals surface area contributed by atoms with E-state index in [1.165, 1.54) is 0 Å². The highest BCUT2D eigenvalue weighted by molar-refractivity contribution is 6.03. The number of amides is 1. The fourth-order valence-corrected chi connectivity index (χ4v) is 10.1. The van der Waals surface area contributed by atoms with Crippen molar-refractivity contribution >= 4 is 17.5 Å². The van der Waals surface area contributed by atoms with E-state index in [0.29, 0.717) is 12.8 Å². The first-order valence-corrected chi connectivity index (χ1v) is 13.9. The third-order valence-electron chi connectivity index (χ3n) is 12.4. The van der Waals surface area contributed by atoms with Crippen LogP contribution in [0.1, 0.15) is 93.4 Å². The highest BCUT2D eigenvalue weighted by Gasteiger charge is 2.70. The lowest BCUT2D eigenvalue weighted by molar-refractivity contribution is -0.182. The van der Waals surface area contributed by atoms with Crippen LogP contribution in [-0.2, 0) is 14.4 Å². The quantitative estimate of drug-likeness (QED) is 0.257. The third-order valence-corrected chi connectivity index (χ3v) is 12.4.